The van der Waals surface area contributed by atoms with Crippen LogP contribution in [0.3, 0.4) is 0 Å². The lowest BCUT2D eigenvalue weighted by Gasteiger charge is -2.08. The Morgan fingerprint density at radius 3 is 2.73 bits per heavy atom. The van der Waals surface area contributed by atoms with Crippen LogP contribution in [-0.4, -0.2) is 27.3 Å². The van der Waals surface area contributed by atoms with Crippen LogP contribution < -0.4 is 0 Å². The topological polar surface area (TPSA) is 57.0 Å². The van der Waals surface area contributed by atoms with E-state index < -0.39 is 0 Å². The van der Waals surface area contributed by atoms with Crippen LogP contribution in [0.4, 0.5) is 0 Å². The number of hydrogen-bond acceptors (Lipinski definition) is 4. The molecule has 0 spiro atoms. The van der Waals surface area contributed by atoms with E-state index >= 15 is 0 Å². The molecule has 1 aromatic heterocycles. The van der Waals surface area contributed by atoms with Crippen LogP contribution in [-0.2, 0) is 16.1 Å². The molecule has 5 nitrogen and oxygen atoms in total. The van der Waals surface area contributed by atoms with E-state index in [9.17, 15) is 4.79 Å². The predicted molar refractivity (Wildman–Crippen MR) is 85.4 cm³/mol. The molecular formula is C17H23N3O2. The second-order valence-electron chi connectivity index (χ2n) is 5.28. The summed E-state index contributed by atoms with van der Waals surface area (Å²) in [7, 11) is 0. The van der Waals surface area contributed by atoms with Gasteiger partial charge in [-0.2, -0.15) is 5.10 Å². The minimum atomic E-state index is -0.128. The van der Waals surface area contributed by atoms with Crippen molar-refractivity contribution in [3.05, 3.63) is 35.7 Å². The van der Waals surface area contributed by atoms with E-state index in [1.54, 1.807) is 0 Å². The number of ether oxygens (including phenoxy) is 1. The standard InChI is InChI=1S/C17H23N3O2/c1-4-22-16(21)11-7-8-12-20-17(18-14(3)19-20)15-10-6-5-9-13(15)2/h5-6,9-10H,4,7-8,11-12H2,1-3H3. The third-order valence-corrected chi connectivity index (χ3v) is 3.47. The van der Waals surface area contributed by atoms with Gasteiger partial charge in [-0.3, -0.25) is 4.79 Å². The van der Waals surface area contributed by atoms with Crippen molar-refractivity contribution in [1.82, 2.24) is 14.8 Å². The fourth-order valence-corrected chi connectivity index (χ4v) is 2.40. The van der Waals surface area contributed by atoms with Gasteiger partial charge in [0.15, 0.2) is 5.82 Å². The summed E-state index contributed by atoms with van der Waals surface area (Å²) in [5.74, 6) is 1.53. The van der Waals surface area contributed by atoms with E-state index in [0.29, 0.717) is 13.0 Å². The highest BCUT2D eigenvalue weighted by atomic mass is 16.5. The molecule has 1 aromatic carbocycles. The van der Waals surface area contributed by atoms with Crippen molar-refractivity contribution >= 4 is 5.97 Å². The van der Waals surface area contributed by atoms with E-state index in [1.807, 2.05) is 30.7 Å². The summed E-state index contributed by atoms with van der Waals surface area (Å²) >= 11 is 0. The molecule has 1 heterocycles. The van der Waals surface area contributed by atoms with Crippen molar-refractivity contribution < 1.29 is 9.53 Å². The molecule has 0 aliphatic heterocycles. The highest BCUT2D eigenvalue weighted by molar-refractivity contribution is 5.69. The molecule has 2 aromatic rings. The first kappa shape index (κ1) is 16.2. The Morgan fingerprint density at radius 2 is 2.00 bits per heavy atom. The zero-order valence-electron chi connectivity index (χ0n) is 13.5. The molecule has 0 radical (unpaired) electrons. The average molecular weight is 301 g/mol. The number of carbonyl (C=O) groups excluding carboxylic acids is 1. The number of rotatable bonds is 7. The first-order valence-electron chi connectivity index (χ1n) is 7.75. The van der Waals surface area contributed by atoms with Crippen molar-refractivity contribution in [2.24, 2.45) is 0 Å². The van der Waals surface area contributed by atoms with Gasteiger partial charge >= 0.3 is 5.97 Å². The fourth-order valence-electron chi connectivity index (χ4n) is 2.40. The van der Waals surface area contributed by atoms with Gasteiger partial charge in [-0.05, 0) is 39.2 Å². The van der Waals surface area contributed by atoms with E-state index in [2.05, 4.69) is 29.1 Å². The summed E-state index contributed by atoms with van der Waals surface area (Å²) in [6.07, 6.45) is 2.13. The minimum absolute atomic E-state index is 0.128. The number of hydrogen-bond donors (Lipinski definition) is 0. The van der Waals surface area contributed by atoms with Gasteiger partial charge in [0.25, 0.3) is 0 Å². The van der Waals surface area contributed by atoms with Gasteiger partial charge < -0.3 is 4.74 Å². The maximum Gasteiger partial charge on any atom is 0.305 e. The summed E-state index contributed by atoms with van der Waals surface area (Å²) in [6, 6.07) is 8.17. The summed E-state index contributed by atoms with van der Waals surface area (Å²) in [5, 5.41) is 4.47. The maximum absolute atomic E-state index is 11.3. The Balaban J connectivity index is 2.01. The Labute approximate surface area is 131 Å². The third-order valence-electron chi connectivity index (χ3n) is 3.47. The van der Waals surface area contributed by atoms with Crippen molar-refractivity contribution in [1.29, 1.82) is 0 Å². The summed E-state index contributed by atoms with van der Waals surface area (Å²) in [4.78, 5) is 15.9. The quantitative estimate of drug-likeness (QED) is 0.581. The number of aromatic nitrogens is 3. The lowest BCUT2D eigenvalue weighted by molar-refractivity contribution is -0.143. The molecule has 0 unspecified atom stereocenters. The largest absolute Gasteiger partial charge is 0.466 e. The molecule has 5 heteroatoms. The monoisotopic (exact) mass is 301 g/mol. The first-order valence-corrected chi connectivity index (χ1v) is 7.75. The molecule has 0 aliphatic rings. The smallest absolute Gasteiger partial charge is 0.305 e. The van der Waals surface area contributed by atoms with Gasteiger partial charge in [0.05, 0.1) is 6.61 Å². The molecule has 2 rings (SSSR count). The van der Waals surface area contributed by atoms with E-state index in [0.717, 1.165) is 36.6 Å². The lowest BCUT2D eigenvalue weighted by Crippen LogP contribution is -2.06. The molecule has 0 bridgehead atoms. The van der Waals surface area contributed by atoms with Gasteiger partial charge in [-0.25, -0.2) is 9.67 Å². The van der Waals surface area contributed by atoms with Gasteiger partial charge in [-0.1, -0.05) is 24.3 Å². The molecule has 0 N–H and O–H groups in total. The molecule has 0 atom stereocenters. The summed E-state index contributed by atoms with van der Waals surface area (Å²) in [6.45, 7) is 6.99. The van der Waals surface area contributed by atoms with Crippen LogP contribution in [0, 0.1) is 13.8 Å². The van der Waals surface area contributed by atoms with Crippen molar-refractivity contribution in [3.8, 4) is 11.4 Å². The predicted octanol–water partition coefficient (Wildman–Crippen LogP) is 3.30. The van der Waals surface area contributed by atoms with Crippen LogP contribution in [0.15, 0.2) is 24.3 Å². The maximum atomic E-state index is 11.3. The average Bonchev–Trinajstić information content (AvgIpc) is 2.85. The number of benzene rings is 1. The second-order valence-corrected chi connectivity index (χ2v) is 5.28. The Bertz CT molecular complexity index is 635. The molecule has 0 fully saturated rings. The van der Waals surface area contributed by atoms with Crippen LogP contribution in [0.2, 0.25) is 0 Å². The summed E-state index contributed by atoms with van der Waals surface area (Å²) < 4.78 is 6.87. The Morgan fingerprint density at radius 1 is 1.23 bits per heavy atom. The second kappa shape index (κ2) is 7.73. The van der Waals surface area contributed by atoms with E-state index in [1.165, 1.54) is 5.56 Å². The molecule has 0 saturated carbocycles. The van der Waals surface area contributed by atoms with Gasteiger partial charge in [0.1, 0.15) is 5.82 Å². The minimum Gasteiger partial charge on any atom is -0.466 e. The zero-order valence-corrected chi connectivity index (χ0v) is 13.5. The van der Waals surface area contributed by atoms with Crippen molar-refractivity contribution in [2.45, 2.75) is 46.6 Å². The third kappa shape index (κ3) is 4.16. The molecule has 118 valence electrons. The van der Waals surface area contributed by atoms with Crippen LogP contribution in [0.1, 0.15) is 37.6 Å². The number of aryl methyl sites for hydroxylation is 3. The Hall–Kier alpha value is -2.17. The molecule has 22 heavy (non-hydrogen) atoms. The van der Waals surface area contributed by atoms with E-state index in [-0.39, 0.29) is 5.97 Å². The Kier molecular flexibility index (Phi) is 5.69. The number of esters is 1. The molecule has 0 aliphatic carbocycles. The van der Waals surface area contributed by atoms with Gasteiger partial charge in [0, 0.05) is 18.5 Å². The number of unbranched alkanes of at least 4 members (excludes halogenated alkanes) is 1. The normalized spacial score (nSPS) is 10.7. The fraction of sp³-hybridized carbons (Fsp3) is 0.471. The molecule has 0 amide bonds. The first-order chi connectivity index (χ1) is 10.6. The van der Waals surface area contributed by atoms with Crippen LogP contribution >= 0.6 is 0 Å². The van der Waals surface area contributed by atoms with Crippen molar-refractivity contribution in [2.75, 3.05) is 6.61 Å². The highest BCUT2D eigenvalue weighted by Crippen LogP contribution is 2.21. The molecular weight excluding hydrogens is 278 g/mol. The SMILES string of the molecule is CCOC(=O)CCCCn1nc(C)nc1-c1ccccc1C. The van der Waals surface area contributed by atoms with Gasteiger partial charge in [-0.15, -0.1) is 0 Å². The van der Waals surface area contributed by atoms with Crippen molar-refractivity contribution in [3.63, 3.8) is 0 Å². The van der Waals surface area contributed by atoms with Crippen LogP contribution in [0.25, 0.3) is 11.4 Å². The lowest BCUT2D eigenvalue weighted by atomic mass is 10.1. The molecule has 0 saturated heterocycles. The number of carbonyl (C=O) groups is 1. The van der Waals surface area contributed by atoms with Gasteiger partial charge in [0.2, 0.25) is 0 Å². The zero-order chi connectivity index (χ0) is 15.9. The van der Waals surface area contributed by atoms with E-state index in [4.69, 9.17) is 4.74 Å². The van der Waals surface area contributed by atoms with Crippen LogP contribution in [0.5, 0.6) is 0 Å². The summed E-state index contributed by atoms with van der Waals surface area (Å²) in [5.41, 5.74) is 2.29. The number of nitrogens with zero attached hydrogens (tertiary/aromatic N) is 3. The highest BCUT2D eigenvalue weighted by Gasteiger charge is 2.11.